The van der Waals surface area contributed by atoms with Gasteiger partial charge in [0.25, 0.3) is 0 Å². The number of nitrogens with one attached hydrogen (secondary N) is 1. The summed E-state index contributed by atoms with van der Waals surface area (Å²) < 4.78 is 10.8. The van der Waals surface area contributed by atoms with Crippen molar-refractivity contribution in [3.05, 3.63) is 35.7 Å². The van der Waals surface area contributed by atoms with Crippen LogP contribution in [0, 0.1) is 12.8 Å². The molecule has 7 heteroatoms. The molecule has 1 aliphatic heterocycles. The van der Waals surface area contributed by atoms with E-state index in [0.717, 1.165) is 31.2 Å². The van der Waals surface area contributed by atoms with Crippen molar-refractivity contribution >= 4 is 11.9 Å². The van der Waals surface area contributed by atoms with Crippen molar-refractivity contribution in [3.63, 3.8) is 0 Å². The highest BCUT2D eigenvalue weighted by Crippen LogP contribution is 2.45. The molecule has 1 amide bonds. The third kappa shape index (κ3) is 3.59. The number of aromatic nitrogens is 2. The average Bonchev–Trinajstić information content (AvgIpc) is 3.37. The van der Waals surface area contributed by atoms with E-state index in [1.165, 1.54) is 5.56 Å². The smallest absolute Gasteiger partial charge is 0.307 e. The van der Waals surface area contributed by atoms with Gasteiger partial charge in [0.15, 0.2) is 0 Å². The van der Waals surface area contributed by atoms with Gasteiger partial charge in [-0.2, -0.15) is 4.98 Å². The van der Waals surface area contributed by atoms with Crippen LogP contribution >= 0.6 is 0 Å². The third-order valence-electron chi connectivity index (χ3n) is 5.51. The second kappa shape index (κ2) is 7.13. The lowest BCUT2D eigenvalue weighted by Crippen LogP contribution is -2.43. The maximum atomic E-state index is 12.6. The fourth-order valence-corrected chi connectivity index (χ4v) is 4.04. The zero-order valence-electron chi connectivity index (χ0n) is 15.4. The van der Waals surface area contributed by atoms with E-state index in [1.54, 1.807) is 0 Å². The minimum atomic E-state index is -0.579. The molecule has 4 rings (SSSR count). The van der Waals surface area contributed by atoms with Crippen molar-refractivity contribution in [1.29, 1.82) is 0 Å². The Balaban J connectivity index is 1.33. The number of benzene rings is 1. The molecule has 7 nitrogen and oxygen atoms in total. The number of hydrogen-bond donors (Lipinski definition) is 1. The molecule has 0 bridgehead atoms. The normalized spacial score (nSPS) is 20.8. The zero-order chi connectivity index (χ0) is 18.9. The molecule has 0 radical (unpaired) electrons. The number of carbonyl (C=O) groups is 2. The number of carbonyl (C=O) groups excluding carboxylic acids is 2. The molecule has 1 aromatic heterocycles. The van der Waals surface area contributed by atoms with Gasteiger partial charge in [0.05, 0.1) is 12.3 Å². The Labute approximate surface area is 157 Å². The molecule has 1 unspecified atom stereocenters. The fraction of sp³-hybridized carbons (Fsp3) is 0.500. The van der Waals surface area contributed by atoms with Crippen molar-refractivity contribution in [2.24, 2.45) is 5.92 Å². The Morgan fingerprint density at radius 2 is 2.00 bits per heavy atom. The SMILES string of the molecule is Cc1ccc(-c2noc(CCNC(=O)C3CC(=O)OC34CCCC4)n2)cc1. The standard InChI is InChI=1S/C20H23N3O4/c1-13-4-6-14(7-5-13)18-22-16(27-23-18)8-11-21-19(25)15-12-17(24)26-20(15)9-2-3-10-20/h4-7,15H,2-3,8-12H2,1H3,(H,21,25). The molecule has 2 fully saturated rings. The van der Waals surface area contributed by atoms with Crippen molar-refractivity contribution in [2.75, 3.05) is 6.54 Å². The predicted molar refractivity (Wildman–Crippen MR) is 96.6 cm³/mol. The van der Waals surface area contributed by atoms with E-state index in [0.29, 0.717) is 24.7 Å². The number of nitrogens with zero attached hydrogens (tertiary/aromatic N) is 2. The molecule has 1 N–H and O–H groups in total. The Bertz CT molecular complexity index is 837. The van der Waals surface area contributed by atoms with Gasteiger partial charge in [-0.3, -0.25) is 9.59 Å². The second-order valence-electron chi connectivity index (χ2n) is 7.42. The molecule has 1 spiro atoms. The molecule has 2 aromatic rings. The van der Waals surface area contributed by atoms with Gasteiger partial charge >= 0.3 is 5.97 Å². The minimum Gasteiger partial charge on any atom is -0.458 e. The van der Waals surface area contributed by atoms with Crippen molar-refractivity contribution in [3.8, 4) is 11.4 Å². The highest BCUT2D eigenvalue weighted by Gasteiger charge is 2.53. The van der Waals surface area contributed by atoms with E-state index in [1.807, 2.05) is 31.2 Å². The predicted octanol–water partition coefficient (Wildman–Crippen LogP) is 2.58. The first-order chi connectivity index (χ1) is 13.1. The summed E-state index contributed by atoms with van der Waals surface area (Å²) in [4.78, 5) is 28.7. The molecule has 142 valence electrons. The van der Waals surface area contributed by atoms with Gasteiger partial charge in [0, 0.05) is 18.5 Å². The van der Waals surface area contributed by atoms with Gasteiger partial charge < -0.3 is 14.6 Å². The maximum Gasteiger partial charge on any atom is 0.307 e. The number of ether oxygens (including phenoxy) is 1. The number of amides is 1. The molecule has 1 aliphatic carbocycles. The minimum absolute atomic E-state index is 0.124. The van der Waals surface area contributed by atoms with Crippen LogP contribution in [-0.2, 0) is 20.7 Å². The molecule has 1 saturated heterocycles. The van der Waals surface area contributed by atoms with Crippen molar-refractivity contribution in [2.45, 2.75) is 51.0 Å². The first-order valence-corrected chi connectivity index (χ1v) is 9.45. The van der Waals surface area contributed by atoms with Crippen LogP contribution < -0.4 is 5.32 Å². The summed E-state index contributed by atoms with van der Waals surface area (Å²) in [6.07, 6.45) is 4.17. The zero-order valence-corrected chi connectivity index (χ0v) is 15.4. The van der Waals surface area contributed by atoms with Crippen LogP contribution in [0.5, 0.6) is 0 Å². The first kappa shape index (κ1) is 17.7. The Morgan fingerprint density at radius 1 is 1.26 bits per heavy atom. The molecule has 2 heterocycles. The van der Waals surface area contributed by atoms with Gasteiger partial charge in [-0.1, -0.05) is 35.0 Å². The van der Waals surface area contributed by atoms with E-state index in [9.17, 15) is 9.59 Å². The average molecular weight is 369 g/mol. The summed E-state index contributed by atoms with van der Waals surface area (Å²) in [7, 11) is 0. The first-order valence-electron chi connectivity index (χ1n) is 9.45. The van der Waals surface area contributed by atoms with Gasteiger partial charge in [-0.05, 0) is 32.6 Å². The lowest BCUT2D eigenvalue weighted by Gasteiger charge is -2.27. The number of esters is 1. The Hall–Kier alpha value is -2.70. The molecule has 1 saturated carbocycles. The molecule has 1 aromatic carbocycles. The summed E-state index contributed by atoms with van der Waals surface area (Å²) in [6.45, 7) is 2.40. The van der Waals surface area contributed by atoms with Crippen LogP contribution in [0.4, 0.5) is 0 Å². The largest absolute Gasteiger partial charge is 0.458 e. The van der Waals surface area contributed by atoms with Crippen LogP contribution in [-0.4, -0.2) is 34.2 Å². The highest BCUT2D eigenvalue weighted by molar-refractivity contribution is 5.87. The van der Waals surface area contributed by atoms with E-state index < -0.39 is 11.5 Å². The maximum absolute atomic E-state index is 12.6. The molecule has 2 aliphatic rings. The van der Waals surface area contributed by atoms with Crippen molar-refractivity contribution in [1.82, 2.24) is 15.5 Å². The van der Waals surface area contributed by atoms with Crippen LogP contribution in [0.25, 0.3) is 11.4 Å². The van der Waals surface area contributed by atoms with Crippen LogP contribution in [0.3, 0.4) is 0 Å². The summed E-state index contributed by atoms with van der Waals surface area (Å²) in [5.41, 5.74) is 1.48. The van der Waals surface area contributed by atoms with E-state index in [-0.39, 0.29) is 18.3 Å². The lowest BCUT2D eigenvalue weighted by atomic mass is 9.85. The lowest BCUT2D eigenvalue weighted by molar-refractivity contribution is -0.149. The van der Waals surface area contributed by atoms with Gasteiger partial charge in [-0.15, -0.1) is 0 Å². The van der Waals surface area contributed by atoms with Gasteiger partial charge in [0.1, 0.15) is 5.60 Å². The van der Waals surface area contributed by atoms with Crippen LogP contribution in [0.2, 0.25) is 0 Å². The number of hydrogen-bond acceptors (Lipinski definition) is 6. The highest BCUT2D eigenvalue weighted by atomic mass is 16.6. The molecule has 1 atom stereocenters. The summed E-state index contributed by atoms with van der Waals surface area (Å²) >= 11 is 0. The molecule has 27 heavy (non-hydrogen) atoms. The van der Waals surface area contributed by atoms with Crippen LogP contribution in [0.15, 0.2) is 28.8 Å². The summed E-state index contributed by atoms with van der Waals surface area (Å²) in [5, 5.41) is 6.90. The second-order valence-corrected chi connectivity index (χ2v) is 7.42. The monoisotopic (exact) mass is 369 g/mol. The van der Waals surface area contributed by atoms with Gasteiger partial charge in [-0.25, -0.2) is 0 Å². The summed E-state index contributed by atoms with van der Waals surface area (Å²) in [6, 6.07) is 7.89. The van der Waals surface area contributed by atoms with E-state index >= 15 is 0 Å². The third-order valence-corrected chi connectivity index (χ3v) is 5.51. The Morgan fingerprint density at radius 3 is 2.74 bits per heavy atom. The van der Waals surface area contributed by atoms with Crippen LogP contribution in [0.1, 0.15) is 43.6 Å². The Kier molecular flexibility index (Phi) is 4.68. The van der Waals surface area contributed by atoms with Crippen molar-refractivity contribution < 1.29 is 18.8 Å². The topological polar surface area (TPSA) is 94.3 Å². The van der Waals surface area contributed by atoms with E-state index in [2.05, 4.69) is 15.5 Å². The fourth-order valence-electron chi connectivity index (χ4n) is 4.04. The van der Waals surface area contributed by atoms with E-state index in [4.69, 9.17) is 9.26 Å². The number of rotatable bonds is 5. The quantitative estimate of drug-likeness (QED) is 0.814. The van der Waals surface area contributed by atoms with Gasteiger partial charge in [0.2, 0.25) is 17.6 Å². The number of aryl methyl sites for hydroxylation is 1. The molecular formula is C20H23N3O4. The summed E-state index contributed by atoms with van der Waals surface area (Å²) in [5.74, 6) is 0.229. The molecular weight excluding hydrogens is 346 g/mol.